The molecule has 1 heterocycles. The Morgan fingerprint density at radius 1 is 1.17 bits per heavy atom. The Bertz CT molecular complexity index is 526. The molecule has 1 nitrogen and oxygen atoms in total. The van der Waals surface area contributed by atoms with Crippen molar-refractivity contribution in [3.8, 4) is 10.4 Å². The van der Waals surface area contributed by atoms with E-state index in [0.29, 0.717) is 5.92 Å². The monoisotopic (exact) mass is 260 g/mol. The molecule has 0 aliphatic carbocycles. The van der Waals surface area contributed by atoms with E-state index in [4.69, 9.17) is 0 Å². The van der Waals surface area contributed by atoms with Crippen LogP contribution in [0.4, 0.5) is 0 Å². The molecule has 96 valence electrons. The summed E-state index contributed by atoms with van der Waals surface area (Å²) in [6, 6.07) is 8.73. The molecule has 0 radical (unpaired) electrons. The average molecular weight is 260 g/mol. The molecule has 0 amide bonds. The topological polar surface area (TPSA) is 20.2 Å². The highest BCUT2D eigenvalue weighted by Gasteiger charge is 2.11. The molecule has 0 atom stereocenters. The Morgan fingerprint density at radius 2 is 1.94 bits per heavy atom. The Balaban J connectivity index is 2.51. The van der Waals surface area contributed by atoms with Gasteiger partial charge < -0.3 is 5.11 Å². The van der Waals surface area contributed by atoms with Crippen LogP contribution in [0.1, 0.15) is 43.4 Å². The molecule has 0 saturated heterocycles. The first-order valence-corrected chi connectivity index (χ1v) is 7.35. The highest BCUT2D eigenvalue weighted by Crippen LogP contribution is 2.34. The Hall–Kier alpha value is -1.12. The minimum Gasteiger partial charge on any atom is -0.392 e. The van der Waals surface area contributed by atoms with Crippen molar-refractivity contribution in [2.24, 2.45) is 0 Å². The molecule has 0 unspecified atom stereocenters. The molecule has 1 aromatic carbocycles. The Labute approximate surface area is 113 Å². The van der Waals surface area contributed by atoms with E-state index in [1.54, 1.807) is 11.3 Å². The fraction of sp³-hybridized carbons (Fsp3) is 0.375. The molecule has 0 spiro atoms. The van der Waals surface area contributed by atoms with Crippen LogP contribution in [-0.2, 0) is 13.0 Å². The van der Waals surface area contributed by atoms with Crippen molar-refractivity contribution in [1.82, 2.24) is 0 Å². The maximum atomic E-state index is 9.38. The summed E-state index contributed by atoms with van der Waals surface area (Å²) < 4.78 is 0. The van der Waals surface area contributed by atoms with Gasteiger partial charge in [-0.3, -0.25) is 0 Å². The van der Waals surface area contributed by atoms with Gasteiger partial charge in [0.15, 0.2) is 0 Å². The van der Waals surface area contributed by atoms with E-state index in [2.05, 4.69) is 44.4 Å². The first kappa shape index (κ1) is 13.3. The molecule has 0 fully saturated rings. The number of hydrogen-bond acceptors (Lipinski definition) is 2. The van der Waals surface area contributed by atoms with Crippen molar-refractivity contribution in [3.63, 3.8) is 0 Å². The lowest BCUT2D eigenvalue weighted by atomic mass is 9.94. The fourth-order valence-electron chi connectivity index (χ4n) is 2.18. The predicted molar refractivity (Wildman–Crippen MR) is 79.1 cm³/mol. The van der Waals surface area contributed by atoms with Crippen LogP contribution in [0.15, 0.2) is 29.6 Å². The number of aryl methyl sites for hydroxylation is 1. The van der Waals surface area contributed by atoms with Crippen molar-refractivity contribution < 1.29 is 5.11 Å². The molecular formula is C16H20OS. The maximum absolute atomic E-state index is 9.38. The second kappa shape index (κ2) is 5.68. The van der Waals surface area contributed by atoms with E-state index in [1.807, 2.05) is 6.07 Å². The molecule has 1 N–H and O–H groups in total. The number of aliphatic hydroxyl groups is 1. The molecule has 2 heteroatoms. The van der Waals surface area contributed by atoms with E-state index < -0.39 is 0 Å². The lowest BCUT2D eigenvalue weighted by Crippen LogP contribution is -1.94. The van der Waals surface area contributed by atoms with Crippen LogP contribution in [0.3, 0.4) is 0 Å². The van der Waals surface area contributed by atoms with E-state index in [1.165, 1.54) is 21.6 Å². The van der Waals surface area contributed by atoms with Crippen LogP contribution in [0.2, 0.25) is 0 Å². The highest BCUT2D eigenvalue weighted by molar-refractivity contribution is 7.13. The average Bonchev–Trinajstić information content (AvgIpc) is 2.85. The second-order valence-corrected chi connectivity index (χ2v) is 5.77. The van der Waals surface area contributed by atoms with Crippen molar-refractivity contribution >= 4 is 11.3 Å². The molecule has 0 aliphatic rings. The van der Waals surface area contributed by atoms with Crippen LogP contribution >= 0.6 is 11.3 Å². The number of hydrogen-bond donors (Lipinski definition) is 1. The van der Waals surface area contributed by atoms with Crippen LogP contribution in [-0.4, -0.2) is 5.11 Å². The molecule has 0 bridgehead atoms. The lowest BCUT2D eigenvalue weighted by Gasteiger charge is -2.12. The minimum atomic E-state index is 0.119. The van der Waals surface area contributed by atoms with E-state index >= 15 is 0 Å². The van der Waals surface area contributed by atoms with E-state index in [-0.39, 0.29) is 6.61 Å². The summed E-state index contributed by atoms with van der Waals surface area (Å²) in [5, 5.41) is 11.4. The number of aliphatic hydroxyl groups excluding tert-OH is 1. The summed E-state index contributed by atoms with van der Waals surface area (Å²) in [6.45, 7) is 6.75. The van der Waals surface area contributed by atoms with Crippen LogP contribution in [0, 0.1) is 0 Å². The maximum Gasteiger partial charge on any atom is 0.0696 e. The van der Waals surface area contributed by atoms with Gasteiger partial charge in [-0.25, -0.2) is 0 Å². The minimum absolute atomic E-state index is 0.119. The second-order valence-electron chi connectivity index (χ2n) is 4.86. The smallest absolute Gasteiger partial charge is 0.0696 e. The van der Waals surface area contributed by atoms with Gasteiger partial charge in [-0.2, -0.15) is 0 Å². The number of rotatable bonds is 4. The van der Waals surface area contributed by atoms with Gasteiger partial charge in [0.1, 0.15) is 0 Å². The van der Waals surface area contributed by atoms with Crippen molar-refractivity contribution in [3.05, 3.63) is 46.3 Å². The zero-order chi connectivity index (χ0) is 13.1. The largest absolute Gasteiger partial charge is 0.392 e. The first-order valence-electron chi connectivity index (χ1n) is 6.47. The number of thiophene rings is 1. The van der Waals surface area contributed by atoms with Gasteiger partial charge in [-0.1, -0.05) is 39.0 Å². The standard InChI is InChI=1S/C16H20OS/c1-4-12-9-13(11(2)3)5-6-15(12)16-14(10-17)7-8-18-16/h5-9,11,17H,4,10H2,1-3H3. The molecule has 18 heavy (non-hydrogen) atoms. The summed E-state index contributed by atoms with van der Waals surface area (Å²) >= 11 is 1.71. The SMILES string of the molecule is CCc1cc(C(C)C)ccc1-c1sccc1CO. The lowest BCUT2D eigenvalue weighted by molar-refractivity contribution is 0.283. The highest BCUT2D eigenvalue weighted by atomic mass is 32.1. The molecule has 0 aliphatic heterocycles. The molecule has 0 saturated carbocycles. The Morgan fingerprint density at radius 3 is 2.56 bits per heavy atom. The van der Waals surface area contributed by atoms with Crippen LogP contribution in [0.5, 0.6) is 0 Å². The van der Waals surface area contributed by atoms with Crippen molar-refractivity contribution in [2.45, 2.75) is 39.7 Å². The summed E-state index contributed by atoms with van der Waals surface area (Å²) in [5.41, 5.74) is 5.07. The predicted octanol–water partition coefficient (Wildman–Crippen LogP) is 4.59. The van der Waals surface area contributed by atoms with E-state index in [0.717, 1.165) is 12.0 Å². The zero-order valence-corrected chi connectivity index (χ0v) is 12.1. The third kappa shape index (κ3) is 2.50. The zero-order valence-electron chi connectivity index (χ0n) is 11.2. The molecule has 1 aromatic heterocycles. The van der Waals surface area contributed by atoms with Crippen LogP contribution < -0.4 is 0 Å². The van der Waals surface area contributed by atoms with Gasteiger partial charge in [0.25, 0.3) is 0 Å². The summed E-state index contributed by atoms with van der Waals surface area (Å²) in [6.07, 6.45) is 1.03. The third-order valence-corrected chi connectivity index (χ3v) is 4.33. The Kier molecular flexibility index (Phi) is 4.20. The fourth-order valence-corrected chi connectivity index (χ4v) is 3.16. The summed E-state index contributed by atoms with van der Waals surface area (Å²) in [7, 11) is 0. The van der Waals surface area contributed by atoms with Crippen molar-refractivity contribution in [2.75, 3.05) is 0 Å². The van der Waals surface area contributed by atoms with Gasteiger partial charge in [0.2, 0.25) is 0 Å². The van der Waals surface area contributed by atoms with Gasteiger partial charge in [0, 0.05) is 4.88 Å². The summed E-state index contributed by atoms with van der Waals surface area (Å²) in [4.78, 5) is 1.21. The molecule has 2 rings (SSSR count). The molecule has 2 aromatic rings. The summed E-state index contributed by atoms with van der Waals surface area (Å²) in [5.74, 6) is 0.560. The van der Waals surface area contributed by atoms with Crippen molar-refractivity contribution in [1.29, 1.82) is 0 Å². The number of benzene rings is 1. The van der Waals surface area contributed by atoms with E-state index in [9.17, 15) is 5.11 Å². The van der Waals surface area contributed by atoms with Gasteiger partial charge >= 0.3 is 0 Å². The first-order chi connectivity index (χ1) is 8.67. The molecular weight excluding hydrogens is 240 g/mol. The third-order valence-electron chi connectivity index (χ3n) is 3.34. The normalized spacial score (nSPS) is 11.2. The van der Waals surface area contributed by atoms with Crippen LogP contribution in [0.25, 0.3) is 10.4 Å². The van der Waals surface area contributed by atoms with Gasteiger partial charge in [-0.15, -0.1) is 11.3 Å². The quantitative estimate of drug-likeness (QED) is 0.852. The van der Waals surface area contributed by atoms with Gasteiger partial charge in [0.05, 0.1) is 6.61 Å². The van der Waals surface area contributed by atoms with Gasteiger partial charge in [-0.05, 0) is 46.0 Å².